The molecule has 1 aliphatic heterocycles. The van der Waals surface area contributed by atoms with Crippen molar-refractivity contribution in [2.75, 3.05) is 24.3 Å². The van der Waals surface area contributed by atoms with Crippen LogP contribution >= 0.6 is 15.9 Å². The Morgan fingerprint density at radius 3 is 2.59 bits per heavy atom. The van der Waals surface area contributed by atoms with E-state index in [0.717, 1.165) is 10.5 Å². The third kappa shape index (κ3) is 5.67. The number of hydrogen-bond acceptors (Lipinski definition) is 7. The van der Waals surface area contributed by atoms with Crippen LogP contribution in [0.3, 0.4) is 0 Å². The van der Waals surface area contributed by atoms with E-state index in [1.165, 1.54) is 6.92 Å². The maximum absolute atomic E-state index is 15.2. The molecule has 3 aromatic heterocycles. The average Bonchev–Trinajstić information content (AvgIpc) is 3.49. The Kier molecular flexibility index (Phi) is 7.56. The summed E-state index contributed by atoms with van der Waals surface area (Å²) >= 11 is 3.25. The number of fused-ring (bicyclic) bond motifs is 1. The molecule has 5 rings (SSSR count). The van der Waals surface area contributed by atoms with Crippen molar-refractivity contribution in [2.24, 2.45) is 0 Å². The predicted molar refractivity (Wildman–Crippen MR) is 153 cm³/mol. The first-order valence-electron chi connectivity index (χ1n) is 12.7. The second-order valence-corrected chi connectivity index (χ2v) is 10.9. The molecule has 212 valence electrons. The number of halogens is 3. The van der Waals surface area contributed by atoms with Crippen LogP contribution in [0.2, 0.25) is 0 Å². The van der Waals surface area contributed by atoms with E-state index in [4.69, 9.17) is 5.73 Å². The summed E-state index contributed by atoms with van der Waals surface area (Å²) in [5.41, 5.74) is 6.26. The molecule has 4 heterocycles. The molecule has 1 aromatic carbocycles. The number of rotatable bonds is 7. The van der Waals surface area contributed by atoms with Gasteiger partial charge in [-0.2, -0.15) is 0 Å². The van der Waals surface area contributed by atoms with Crippen molar-refractivity contribution in [3.63, 3.8) is 0 Å². The van der Waals surface area contributed by atoms with E-state index in [1.54, 1.807) is 60.4 Å². The van der Waals surface area contributed by atoms with Crippen molar-refractivity contribution in [3.05, 3.63) is 64.7 Å². The Balaban J connectivity index is 1.44. The van der Waals surface area contributed by atoms with Gasteiger partial charge in [-0.1, -0.05) is 12.1 Å². The fourth-order valence-corrected chi connectivity index (χ4v) is 5.28. The van der Waals surface area contributed by atoms with Crippen molar-refractivity contribution in [1.29, 1.82) is 0 Å². The number of benzene rings is 1. The molecule has 41 heavy (non-hydrogen) atoms. The summed E-state index contributed by atoms with van der Waals surface area (Å²) in [6.45, 7) is 0.938. The molecule has 3 N–H and O–H groups in total. The number of hydrogen-bond donors (Lipinski definition) is 2. The Morgan fingerprint density at radius 1 is 1.17 bits per heavy atom. The van der Waals surface area contributed by atoms with Gasteiger partial charge in [-0.3, -0.25) is 14.4 Å². The summed E-state index contributed by atoms with van der Waals surface area (Å²) < 4.78 is 31.0. The third-order valence-electron chi connectivity index (χ3n) is 7.13. The Morgan fingerprint density at radius 2 is 1.90 bits per heavy atom. The van der Waals surface area contributed by atoms with Crippen LogP contribution in [0.15, 0.2) is 53.5 Å². The number of ketones is 1. The van der Waals surface area contributed by atoms with Crippen molar-refractivity contribution in [1.82, 2.24) is 24.4 Å². The molecule has 1 fully saturated rings. The number of nitrogen functional groups attached to an aromatic ring is 1. The summed E-state index contributed by atoms with van der Waals surface area (Å²) in [6.07, 6.45) is 4.18. The molecule has 0 bridgehead atoms. The number of aromatic nitrogens is 4. The van der Waals surface area contributed by atoms with Crippen LogP contribution in [0.25, 0.3) is 22.0 Å². The van der Waals surface area contributed by atoms with E-state index in [2.05, 4.69) is 36.2 Å². The van der Waals surface area contributed by atoms with Crippen molar-refractivity contribution in [2.45, 2.75) is 38.5 Å². The van der Waals surface area contributed by atoms with Gasteiger partial charge in [0.1, 0.15) is 29.7 Å². The minimum atomic E-state index is -2.36. The van der Waals surface area contributed by atoms with Crippen LogP contribution in [0.1, 0.15) is 29.3 Å². The van der Waals surface area contributed by atoms with Gasteiger partial charge in [-0.25, -0.2) is 23.7 Å². The smallest absolute Gasteiger partial charge is 0.248 e. The SMILES string of the molecule is CC(=O)c1cn(CC(=O)N2C[C@@](F)(CF)C[C@H]2C(=O)Nc2nc(Br)ccc2C)c2ccc(-c3cnc(N)nc3)cc12. The lowest BCUT2D eigenvalue weighted by Crippen LogP contribution is -2.44. The van der Waals surface area contributed by atoms with E-state index >= 15 is 4.39 Å². The lowest BCUT2D eigenvalue weighted by atomic mass is 10.0. The first-order valence-corrected chi connectivity index (χ1v) is 13.5. The number of anilines is 2. The highest BCUT2D eigenvalue weighted by Crippen LogP contribution is 2.34. The fraction of sp³-hybridized carbons (Fsp3) is 0.286. The molecule has 0 spiro atoms. The second kappa shape index (κ2) is 11.0. The number of nitrogens with one attached hydrogen (secondary N) is 1. The second-order valence-electron chi connectivity index (χ2n) is 10.1. The summed E-state index contributed by atoms with van der Waals surface area (Å²) in [5, 5.41) is 3.24. The highest BCUT2D eigenvalue weighted by Gasteiger charge is 2.49. The Labute approximate surface area is 242 Å². The number of Topliss-reactive ketones (excluding diaryl/α,β-unsaturated/α-hetero) is 1. The van der Waals surface area contributed by atoms with Crippen LogP contribution in [0, 0.1) is 6.92 Å². The van der Waals surface area contributed by atoms with Crippen molar-refractivity contribution in [3.8, 4) is 11.1 Å². The highest BCUT2D eigenvalue weighted by molar-refractivity contribution is 9.10. The maximum atomic E-state index is 15.2. The molecular weight excluding hydrogens is 600 g/mol. The lowest BCUT2D eigenvalue weighted by Gasteiger charge is -2.24. The van der Waals surface area contributed by atoms with E-state index in [1.807, 2.05) is 0 Å². The largest absolute Gasteiger partial charge is 0.368 e. The zero-order valence-electron chi connectivity index (χ0n) is 22.2. The number of likely N-dealkylation sites (tertiary alicyclic amines) is 1. The predicted octanol–water partition coefficient (Wildman–Crippen LogP) is 4.27. The number of alkyl halides is 2. The van der Waals surface area contributed by atoms with Gasteiger partial charge >= 0.3 is 0 Å². The maximum Gasteiger partial charge on any atom is 0.248 e. The molecule has 1 aliphatic rings. The van der Waals surface area contributed by atoms with E-state index in [0.29, 0.717) is 32.2 Å². The number of aryl methyl sites for hydroxylation is 1. The minimum Gasteiger partial charge on any atom is -0.368 e. The van der Waals surface area contributed by atoms with Crippen LogP contribution in [0.5, 0.6) is 0 Å². The van der Waals surface area contributed by atoms with Crippen molar-refractivity contribution < 1.29 is 23.2 Å². The minimum absolute atomic E-state index is 0.130. The molecule has 1 saturated heterocycles. The number of nitrogens with two attached hydrogens (primary N) is 1. The van der Waals surface area contributed by atoms with Crippen molar-refractivity contribution >= 4 is 56.2 Å². The van der Waals surface area contributed by atoms with Gasteiger partial charge in [0.15, 0.2) is 11.5 Å². The molecule has 13 heteroatoms. The Hall–Kier alpha value is -4.26. The monoisotopic (exact) mass is 625 g/mol. The zero-order valence-corrected chi connectivity index (χ0v) is 23.8. The summed E-state index contributed by atoms with van der Waals surface area (Å²) in [6, 6.07) is 7.51. The van der Waals surface area contributed by atoms with Crippen LogP contribution < -0.4 is 11.1 Å². The van der Waals surface area contributed by atoms with Gasteiger partial charge in [0, 0.05) is 47.0 Å². The van der Waals surface area contributed by atoms with Gasteiger partial charge in [-0.15, -0.1) is 0 Å². The van der Waals surface area contributed by atoms with Gasteiger partial charge in [-0.05, 0) is 59.1 Å². The molecule has 2 amide bonds. The molecule has 2 atom stereocenters. The summed E-state index contributed by atoms with van der Waals surface area (Å²) in [5.74, 6) is -1.11. The topological polar surface area (TPSA) is 136 Å². The number of pyridine rings is 1. The van der Waals surface area contributed by atoms with E-state index in [9.17, 15) is 18.8 Å². The number of carbonyl (C=O) groups excluding carboxylic acids is 3. The van der Waals surface area contributed by atoms with E-state index < -0.39 is 43.2 Å². The standard InChI is InChI=1S/C28H26BrF2N7O3/c1-15-3-6-23(29)35-25(15)36-26(41)22-8-28(31,13-30)14-38(22)24(40)12-37-11-20(16(2)39)19-7-17(4-5-21(19)37)18-9-33-27(32)34-10-18/h3-7,9-11,22H,8,12-14H2,1-2H3,(H2,32,33,34)(H,35,36,41)/t22-,28-/m0/s1. The normalized spacial score (nSPS) is 18.6. The van der Waals surface area contributed by atoms with E-state index in [-0.39, 0.29) is 24.1 Å². The number of carbonyl (C=O) groups is 3. The van der Waals surface area contributed by atoms with Gasteiger partial charge in [0.2, 0.25) is 17.8 Å². The lowest BCUT2D eigenvalue weighted by molar-refractivity contribution is -0.137. The quantitative estimate of drug-likeness (QED) is 0.231. The van der Waals surface area contributed by atoms with Gasteiger partial charge in [0.25, 0.3) is 0 Å². The summed E-state index contributed by atoms with van der Waals surface area (Å²) in [4.78, 5) is 52.6. The Bertz CT molecular complexity index is 1680. The zero-order chi connectivity index (χ0) is 29.5. The fourth-order valence-electron chi connectivity index (χ4n) is 4.97. The average molecular weight is 626 g/mol. The molecule has 10 nitrogen and oxygen atoms in total. The number of nitrogens with zero attached hydrogens (tertiary/aromatic N) is 5. The number of amides is 2. The van der Waals surface area contributed by atoms with Gasteiger partial charge < -0.3 is 20.5 Å². The van der Waals surface area contributed by atoms with Crippen LogP contribution in [0.4, 0.5) is 20.5 Å². The third-order valence-corrected chi connectivity index (χ3v) is 7.57. The van der Waals surface area contributed by atoms with Crippen LogP contribution in [-0.4, -0.2) is 66.9 Å². The van der Waals surface area contributed by atoms with Crippen LogP contribution in [-0.2, 0) is 16.1 Å². The molecule has 0 unspecified atom stereocenters. The van der Waals surface area contributed by atoms with Gasteiger partial charge in [0.05, 0.1) is 6.54 Å². The molecule has 0 saturated carbocycles. The molecule has 0 radical (unpaired) electrons. The molecule has 0 aliphatic carbocycles. The highest BCUT2D eigenvalue weighted by atomic mass is 79.9. The summed E-state index contributed by atoms with van der Waals surface area (Å²) in [7, 11) is 0. The first kappa shape index (κ1) is 28.3. The molecular formula is C28H26BrF2N7O3. The molecule has 4 aromatic rings. The first-order chi connectivity index (χ1) is 19.5.